The Morgan fingerprint density at radius 3 is 2.61 bits per heavy atom. The molecule has 0 bridgehead atoms. The molecular formula is C16H12Cl2N2O3. The van der Waals surface area contributed by atoms with E-state index in [9.17, 15) is 9.59 Å². The van der Waals surface area contributed by atoms with Crippen molar-refractivity contribution in [2.24, 2.45) is 0 Å². The molecule has 0 radical (unpaired) electrons. The van der Waals surface area contributed by atoms with Crippen LogP contribution in [0.2, 0.25) is 10.0 Å². The number of aromatic amines is 1. The van der Waals surface area contributed by atoms with E-state index < -0.39 is 5.76 Å². The van der Waals surface area contributed by atoms with Gasteiger partial charge in [0.2, 0.25) is 5.91 Å². The fourth-order valence-electron chi connectivity index (χ4n) is 2.26. The van der Waals surface area contributed by atoms with E-state index in [-0.39, 0.29) is 12.3 Å². The van der Waals surface area contributed by atoms with E-state index in [2.05, 4.69) is 10.3 Å². The van der Waals surface area contributed by atoms with Gasteiger partial charge in [0.15, 0.2) is 5.58 Å². The van der Waals surface area contributed by atoms with E-state index in [1.807, 2.05) is 6.07 Å². The molecule has 23 heavy (non-hydrogen) atoms. The Morgan fingerprint density at radius 2 is 1.87 bits per heavy atom. The van der Waals surface area contributed by atoms with Crippen molar-refractivity contribution in [3.8, 4) is 0 Å². The molecule has 1 heterocycles. The van der Waals surface area contributed by atoms with Crippen molar-refractivity contribution < 1.29 is 9.21 Å². The maximum absolute atomic E-state index is 12.0. The number of hydrogen-bond acceptors (Lipinski definition) is 3. The van der Waals surface area contributed by atoms with Crippen LogP contribution in [0.25, 0.3) is 11.1 Å². The summed E-state index contributed by atoms with van der Waals surface area (Å²) in [4.78, 5) is 25.7. The highest BCUT2D eigenvalue weighted by molar-refractivity contribution is 6.35. The van der Waals surface area contributed by atoms with E-state index in [4.69, 9.17) is 27.6 Å². The monoisotopic (exact) mass is 350 g/mol. The van der Waals surface area contributed by atoms with Gasteiger partial charge in [-0.15, -0.1) is 0 Å². The number of H-pyrrole nitrogens is 1. The summed E-state index contributed by atoms with van der Waals surface area (Å²) < 4.78 is 4.93. The zero-order valence-corrected chi connectivity index (χ0v) is 13.4. The van der Waals surface area contributed by atoms with E-state index >= 15 is 0 Å². The van der Waals surface area contributed by atoms with Crippen molar-refractivity contribution in [3.05, 3.63) is 62.6 Å². The van der Waals surface area contributed by atoms with Crippen LogP contribution in [0.5, 0.6) is 0 Å². The number of halogens is 2. The van der Waals surface area contributed by atoms with Crippen LogP contribution >= 0.6 is 23.2 Å². The summed E-state index contributed by atoms with van der Waals surface area (Å²) in [6.07, 6.45) is 0.820. The molecule has 0 atom stereocenters. The fourth-order valence-corrected chi connectivity index (χ4v) is 2.79. The van der Waals surface area contributed by atoms with Crippen LogP contribution in [0.3, 0.4) is 0 Å². The second-order valence-corrected chi connectivity index (χ2v) is 5.92. The number of fused-ring (bicyclic) bond motifs is 1. The normalized spacial score (nSPS) is 10.9. The van der Waals surface area contributed by atoms with E-state index in [1.165, 1.54) is 0 Å². The zero-order valence-electron chi connectivity index (χ0n) is 11.9. The molecule has 1 aromatic heterocycles. The van der Waals surface area contributed by atoms with Crippen molar-refractivity contribution in [1.29, 1.82) is 0 Å². The maximum atomic E-state index is 12.0. The van der Waals surface area contributed by atoms with E-state index in [1.54, 1.807) is 30.3 Å². The molecule has 0 aliphatic rings. The smallest absolute Gasteiger partial charge is 0.408 e. The third-order valence-electron chi connectivity index (χ3n) is 3.27. The standard InChI is InChI=1S/C16H12Cl2N2O3/c17-10-6-11(18)8-12(7-10)19-15(21)4-2-9-1-3-14-13(5-9)20-16(22)23-14/h1,3,5-8H,2,4H2,(H,19,21)(H,20,22). The van der Waals surface area contributed by atoms with Crippen molar-refractivity contribution in [3.63, 3.8) is 0 Å². The average Bonchev–Trinajstić information content (AvgIpc) is 2.83. The van der Waals surface area contributed by atoms with Crippen LogP contribution in [0, 0.1) is 0 Å². The first-order chi connectivity index (χ1) is 11.0. The molecule has 0 saturated heterocycles. The van der Waals surface area contributed by atoms with Crippen LogP contribution in [0.15, 0.2) is 45.6 Å². The second-order valence-electron chi connectivity index (χ2n) is 5.05. The molecule has 0 aliphatic heterocycles. The van der Waals surface area contributed by atoms with Gasteiger partial charge in [0.05, 0.1) is 5.52 Å². The van der Waals surface area contributed by atoms with Gasteiger partial charge in [0, 0.05) is 22.2 Å². The minimum absolute atomic E-state index is 0.149. The third kappa shape index (κ3) is 3.94. The molecule has 2 N–H and O–H groups in total. The lowest BCUT2D eigenvalue weighted by molar-refractivity contribution is -0.116. The molecular weight excluding hydrogens is 339 g/mol. The third-order valence-corrected chi connectivity index (χ3v) is 3.71. The Balaban J connectivity index is 1.64. The van der Waals surface area contributed by atoms with Crippen LogP contribution in [-0.4, -0.2) is 10.9 Å². The summed E-state index contributed by atoms with van der Waals surface area (Å²) in [5.41, 5.74) is 2.60. The number of carbonyl (C=O) groups is 1. The maximum Gasteiger partial charge on any atom is 0.417 e. The predicted molar refractivity (Wildman–Crippen MR) is 90.2 cm³/mol. The Labute approximate surface area is 141 Å². The summed E-state index contributed by atoms with van der Waals surface area (Å²) in [7, 11) is 0. The van der Waals surface area contributed by atoms with Crippen LogP contribution < -0.4 is 11.1 Å². The van der Waals surface area contributed by atoms with Gasteiger partial charge in [-0.05, 0) is 42.3 Å². The molecule has 2 aromatic carbocycles. The highest BCUT2D eigenvalue weighted by Crippen LogP contribution is 2.22. The van der Waals surface area contributed by atoms with Gasteiger partial charge in [-0.1, -0.05) is 29.3 Å². The highest BCUT2D eigenvalue weighted by Gasteiger charge is 2.07. The lowest BCUT2D eigenvalue weighted by Crippen LogP contribution is -2.12. The van der Waals surface area contributed by atoms with Gasteiger partial charge in [-0.2, -0.15) is 0 Å². The van der Waals surface area contributed by atoms with Gasteiger partial charge in [-0.25, -0.2) is 4.79 Å². The quantitative estimate of drug-likeness (QED) is 0.746. The summed E-state index contributed by atoms with van der Waals surface area (Å²) in [6.45, 7) is 0. The minimum atomic E-state index is -0.493. The summed E-state index contributed by atoms with van der Waals surface area (Å²) in [6, 6.07) is 10.2. The number of nitrogens with one attached hydrogen (secondary N) is 2. The summed E-state index contributed by atoms with van der Waals surface area (Å²) >= 11 is 11.8. The first kappa shape index (κ1) is 15.6. The van der Waals surface area contributed by atoms with Crippen molar-refractivity contribution >= 4 is 45.9 Å². The minimum Gasteiger partial charge on any atom is -0.408 e. The number of oxazole rings is 1. The average molecular weight is 351 g/mol. The molecule has 0 fully saturated rings. The Bertz CT molecular complexity index is 910. The molecule has 1 amide bonds. The number of aromatic nitrogens is 1. The summed E-state index contributed by atoms with van der Waals surface area (Å²) in [5.74, 6) is -0.642. The Kier molecular flexibility index (Phi) is 4.41. The molecule has 118 valence electrons. The van der Waals surface area contributed by atoms with Gasteiger partial charge in [0.1, 0.15) is 0 Å². The molecule has 7 heteroatoms. The Morgan fingerprint density at radius 1 is 1.13 bits per heavy atom. The first-order valence-electron chi connectivity index (χ1n) is 6.87. The predicted octanol–water partition coefficient (Wildman–Crippen LogP) is 4.00. The number of benzene rings is 2. The molecule has 0 aliphatic carbocycles. The number of aryl methyl sites for hydroxylation is 1. The zero-order chi connectivity index (χ0) is 16.4. The fraction of sp³-hybridized carbons (Fsp3) is 0.125. The van der Waals surface area contributed by atoms with Crippen LogP contribution in [0.1, 0.15) is 12.0 Å². The van der Waals surface area contributed by atoms with Gasteiger partial charge < -0.3 is 9.73 Å². The molecule has 5 nitrogen and oxygen atoms in total. The van der Waals surface area contributed by atoms with E-state index in [0.29, 0.717) is 33.3 Å². The van der Waals surface area contributed by atoms with Crippen molar-refractivity contribution in [1.82, 2.24) is 4.98 Å². The lowest BCUT2D eigenvalue weighted by Gasteiger charge is -2.06. The number of amides is 1. The molecule has 0 unspecified atom stereocenters. The molecule has 3 rings (SSSR count). The van der Waals surface area contributed by atoms with Crippen LogP contribution in [-0.2, 0) is 11.2 Å². The number of hydrogen-bond donors (Lipinski definition) is 2. The first-order valence-corrected chi connectivity index (χ1v) is 7.63. The number of carbonyl (C=O) groups excluding carboxylic acids is 1. The second kappa shape index (κ2) is 6.48. The molecule has 3 aromatic rings. The largest absolute Gasteiger partial charge is 0.417 e. The lowest BCUT2D eigenvalue weighted by atomic mass is 10.1. The van der Waals surface area contributed by atoms with Gasteiger partial charge in [0.25, 0.3) is 0 Å². The SMILES string of the molecule is O=C(CCc1ccc2oc(=O)[nH]c2c1)Nc1cc(Cl)cc(Cl)c1. The van der Waals surface area contributed by atoms with Gasteiger partial charge in [-0.3, -0.25) is 9.78 Å². The van der Waals surface area contributed by atoms with E-state index in [0.717, 1.165) is 5.56 Å². The van der Waals surface area contributed by atoms with Gasteiger partial charge >= 0.3 is 5.76 Å². The molecule has 0 spiro atoms. The number of anilines is 1. The topological polar surface area (TPSA) is 75.1 Å². The summed E-state index contributed by atoms with van der Waals surface area (Å²) in [5, 5.41) is 3.67. The van der Waals surface area contributed by atoms with Crippen molar-refractivity contribution in [2.45, 2.75) is 12.8 Å². The highest BCUT2D eigenvalue weighted by atomic mass is 35.5. The van der Waals surface area contributed by atoms with Crippen LogP contribution in [0.4, 0.5) is 5.69 Å². The van der Waals surface area contributed by atoms with Crippen molar-refractivity contribution in [2.75, 3.05) is 5.32 Å². The molecule has 0 saturated carbocycles. The number of rotatable bonds is 4. The Hall–Kier alpha value is -2.24.